The summed E-state index contributed by atoms with van der Waals surface area (Å²) in [5.74, 6) is -0.0449. The number of aliphatic hydroxyl groups is 2. The lowest BCUT2D eigenvalue weighted by atomic mass is 9.98. The van der Waals surface area contributed by atoms with Gasteiger partial charge in [-0.3, -0.25) is 0 Å². The van der Waals surface area contributed by atoms with Crippen molar-refractivity contribution >= 4 is 6.08 Å². The summed E-state index contributed by atoms with van der Waals surface area (Å²) in [5.41, 5.74) is 3.65. The molecule has 3 nitrogen and oxygen atoms in total. The lowest BCUT2D eigenvalue weighted by molar-refractivity contribution is 0.264. The van der Waals surface area contributed by atoms with Crippen molar-refractivity contribution in [1.82, 2.24) is 0 Å². The second-order valence-corrected chi connectivity index (χ2v) is 4.29. The number of aliphatic hydroxyl groups excluding tert-OH is 2. The topological polar surface area (TPSA) is 60.7 Å². The fraction of sp³-hybridized carbons (Fsp3) is 0.125. The van der Waals surface area contributed by atoms with Crippen LogP contribution in [-0.2, 0) is 13.2 Å². The van der Waals surface area contributed by atoms with Crippen molar-refractivity contribution in [2.45, 2.75) is 13.2 Å². The number of rotatable bonds is 4. The predicted octanol–water partition coefficient (Wildman–Crippen LogP) is 2.69. The summed E-state index contributed by atoms with van der Waals surface area (Å²) in [5, 5.41) is 28.3. The van der Waals surface area contributed by atoms with Gasteiger partial charge in [-0.1, -0.05) is 36.9 Å². The van der Waals surface area contributed by atoms with Gasteiger partial charge in [-0.15, -0.1) is 0 Å². The van der Waals surface area contributed by atoms with Crippen molar-refractivity contribution < 1.29 is 15.3 Å². The van der Waals surface area contributed by atoms with E-state index in [0.29, 0.717) is 11.1 Å². The fourth-order valence-corrected chi connectivity index (χ4v) is 1.98. The molecule has 0 saturated carbocycles. The third kappa shape index (κ3) is 2.67. The molecule has 0 spiro atoms. The first-order chi connectivity index (χ1) is 9.19. The van der Waals surface area contributed by atoms with Gasteiger partial charge in [0.1, 0.15) is 5.75 Å². The summed E-state index contributed by atoms with van der Waals surface area (Å²) in [6.07, 6.45) is 1.76. The number of phenols is 1. The van der Waals surface area contributed by atoms with Gasteiger partial charge in [-0.2, -0.15) is 0 Å². The van der Waals surface area contributed by atoms with E-state index in [1.807, 2.05) is 24.3 Å². The van der Waals surface area contributed by atoms with Gasteiger partial charge in [0.2, 0.25) is 0 Å². The van der Waals surface area contributed by atoms with E-state index in [-0.39, 0.29) is 19.0 Å². The molecule has 0 bridgehead atoms. The molecule has 0 atom stereocenters. The molecule has 0 aliphatic heterocycles. The first-order valence-corrected chi connectivity index (χ1v) is 5.99. The number of aromatic hydroxyl groups is 1. The summed E-state index contributed by atoms with van der Waals surface area (Å²) in [4.78, 5) is 0. The third-order valence-corrected chi connectivity index (χ3v) is 3.09. The van der Waals surface area contributed by atoms with Crippen molar-refractivity contribution in [3.05, 3.63) is 59.7 Å². The zero-order valence-corrected chi connectivity index (χ0v) is 10.5. The van der Waals surface area contributed by atoms with Crippen LogP contribution in [0.2, 0.25) is 0 Å². The van der Waals surface area contributed by atoms with E-state index in [2.05, 4.69) is 6.58 Å². The van der Waals surface area contributed by atoms with Gasteiger partial charge in [0.15, 0.2) is 0 Å². The van der Waals surface area contributed by atoms with Gasteiger partial charge >= 0.3 is 0 Å². The molecule has 2 rings (SSSR count). The first-order valence-electron chi connectivity index (χ1n) is 5.99. The van der Waals surface area contributed by atoms with Crippen molar-refractivity contribution in [3.8, 4) is 16.9 Å². The zero-order valence-electron chi connectivity index (χ0n) is 10.5. The van der Waals surface area contributed by atoms with Crippen LogP contribution in [0.25, 0.3) is 17.2 Å². The van der Waals surface area contributed by atoms with Crippen LogP contribution in [0.15, 0.2) is 43.0 Å². The van der Waals surface area contributed by atoms with Gasteiger partial charge in [-0.05, 0) is 28.8 Å². The maximum Gasteiger partial charge on any atom is 0.126 e. The van der Waals surface area contributed by atoms with E-state index in [1.165, 1.54) is 0 Å². The van der Waals surface area contributed by atoms with Crippen molar-refractivity contribution in [2.75, 3.05) is 0 Å². The predicted molar refractivity (Wildman–Crippen MR) is 75.5 cm³/mol. The van der Waals surface area contributed by atoms with Crippen molar-refractivity contribution in [1.29, 1.82) is 0 Å². The van der Waals surface area contributed by atoms with Crippen LogP contribution in [0.1, 0.15) is 16.7 Å². The van der Waals surface area contributed by atoms with Crippen LogP contribution >= 0.6 is 0 Å². The number of hydrogen-bond acceptors (Lipinski definition) is 3. The minimum absolute atomic E-state index is 0.0449. The van der Waals surface area contributed by atoms with E-state index in [9.17, 15) is 15.3 Å². The standard InChI is InChI=1S/C16H16O3/c1-2-11-3-5-12(6-4-11)13-7-14(9-17)16(19)15(8-13)10-18/h2-8,17-19H,1,9-10H2. The molecule has 0 fully saturated rings. The molecule has 0 radical (unpaired) electrons. The Kier molecular flexibility index (Phi) is 4.00. The Bertz CT molecular complexity index is 560. The summed E-state index contributed by atoms with van der Waals surface area (Å²) in [6.45, 7) is 3.17. The normalized spacial score (nSPS) is 10.4. The molecule has 98 valence electrons. The van der Waals surface area contributed by atoms with Crippen LogP contribution in [0, 0.1) is 0 Å². The van der Waals surface area contributed by atoms with Gasteiger partial charge in [0.25, 0.3) is 0 Å². The largest absolute Gasteiger partial charge is 0.507 e. The Balaban J connectivity index is 2.51. The third-order valence-electron chi connectivity index (χ3n) is 3.09. The van der Waals surface area contributed by atoms with Gasteiger partial charge in [0.05, 0.1) is 13.2 Å². The maximum atomic E-state index is 9.81. The Labute approximate surface area is 112 Å². The van der Waals surface area contributed by atoms with Crippen LogP contribution in [0.5, 0.6) is 5.75 Å². The molecule has 3 N–H and O–H groups in total. The molecule has 0 aliphatic rings. The lowest BCUT2D eigenvalue weighted by Gasteiger charge is -2.11. The average molecular weight is 256 g/mol. The maximum absolute atomic E-state index is 9.81. The highest BCUT2D eigenvalue weighted by atomic mass is 16.3. The fourth-order valence-electron chi connectivity index (χ4n) is 1.98. The van der Waals surface area contributed by atoms with Crippen LogP contribution < -0.4 is 0 Å². The van der Waals surface area contributed by atoms with Crippen molar-refractivity contribution in [3.63, 3.8) is 0 Å². The quantitative estimate of drug-likeness (QED) is 0.788. The minimum atomic E-state index is -0.266. The monoisotopic (exact) mass is 256 g/mol. The summed E-state index contributed by atoms with van der Waals surface area (Å²) >= 11 is 0. The van der Waals surface area contributed by atoms with E-state index in [4.69, 9.17) is 0 Å². The molecule has 3 heteroatoms. The zero-order chi connectivity index (χ0) is 13.8. The highest BCUT2D eigenvalue weighted by Crippen LogP contribution is 2.30. The number of hydrogen-bond donors (Lipinski definition) is 3. The van der Waals surface area contributed by atoms with Crippen LogP contribution in [-0.4, -0.2) is 15.3 Å². The van der Waals surface area contributed by atoms with E-state index >= 15 is 0 Å². The summed E-state index contributed by atoms with van der Waals surface area (Å²) in [7, 11) is 0. The number of benzene rings is 2. The second-order valence-electron chi connectivity index (χ2n) is 4.29. The highest BCUT2D eigenvalue weighted by molar-refractivity contribution is 5.68. The average Bonchev–Trinajstić information content (AvgIpc) is 2.47. The molecule has 0 unspecified atom stereocenters. The molecule has 0 heterocycles. The van der Waals surface area contributed by atoms with Crippen LogP contribution in [0.4, 0.5) is 0 Å². The summed E-state index contributed by atoms with van der Waals surface area (Å²) in [6, 6.07) is 11.2. The van der Waals surface area contributed by atoms with Gasteiger partial charge in [-0.25, -0.2) is 0 Å². The minimum Gasteiger partial charge on any atom is -0.507 e. The summed E-state index contributed by atoms with van der Waals surface area (Å²) < 4.78 is 0. The van der Waals surface area contributed by atoms with Crippen LogP contribution in [0.3, 0.4) is 0 Å². The highest BCUT2D eigenvalue weighted by Gasteiger charge is 2.09. The molecule has 2 aromatic carbocycles. The van der Waals surface area contributed by atoms with Gasteiger partial charge < -0.3 is 15.3 Å². The van der Waals surface area contributed by atoms with E-state index < -0.39 is 0 Å². The van der Waals surface area contributed by atoms with Crippen molar-refractivity contribution in [2.24, 2.45) is 0 Å². The smallest absolute Gasteiger partial charge is 0.126 e. The van der Waals surface area contributed by atoms with Gasteiger partial charge in [0, 0.05) is 11.1 Å². The molecule has 0 saturated heterocycles. The second kappa shape index (κ2) is 5.69. The SMILES string of the molecule is C=Cc1ccc(-c2cc(CO)c(O)c(CO)c2)cc1. The Morgan fingerprint density at radius 2 is 1.42 bits per heavy atom. The van der Waals surface area contributed by atoms with E-state index in [0.717, 1.165) is 16.7 Å². The Morgan fingerprint density at radius 3 is 1.84 bits per heavy atom. The Morgan fingerprint density at radius 1 is 0.895 bits per heavy atom. The molecular formula is C16H16O3. The first kappa shape index (κ1) is 13.3. The molecule has 0 aromatic heterocycles. The molecule has 0 aliphatic carbocycles. The lowest BCUT2D eigenvalue weighted by Crippen LogP contribution is -1.93. The molecule has 0 amide bonds. The Hall–Kier alpha value is -2.10. The molecular weight excluding hydrogens is 240 g/mol. The molecule has 19 heavy (non-hydrogen) atoms. The van der Waals surface area contributed by atoms with E-state index in [1.54, 1.807) is 18.2 Å². The molecule has 2 aromatic rings.